The lowest BCUT2D eigenvalue weighted by Crippen LogP contribution is -2.21. The minimum Gasteiger partial charge on any atom is -0.466 e. The van der Waals surface area contributed by atoms with E-state index in [0.717, 1.165) is 31.4 Å². The first kappa shape index (κ1) is 53.5. The number of thiocarbonyl (C=S) groups is 2. The zero-order valence-electron chi connectivity index (χ0n) is 34.2. The fourth-order valence-electron chi connectivity index (χ4n) is 5.58. The zero-order valence-corrected chi connectivity index (χ0v) is 39.1. The van der Waals surface area contributed by atoms with E-state index in [-0.39, 0.29) is 38.0 Å². The molecular weight excluding hydrogens is 789 g/mol. The highest BCUT2D eigenvalue weighted by atomic mass is 32.2. The molecule has 54 heavy (non-hydrogen) atoms. The SMILES string of the molecule is CCCCCCCCCCCCSC(=S)SC(C)(C#N)CCC(=O)OCCCCOC(=O)CCC(C)(C#N)SC(=S)SCCCCCCCCCCCC. The van der Waals surface area contributed by atoms with E-state index in [0.29, 0.717) is 25.7 Å². The molecule has 0 aromatic carbocycles. The van der Waals surface area contributed by atoms with E-state index in [1.54, 1.807) is 23.5 Å². The number of hydrogen-bond acceptors (Lipinski definition) is 12. The molecular formula is C42H72N2O4S6. The molecule has 2 atom stereocenters. The number of rotatable bonds is 35. The van der Waals surface area contributed by atoms with Crippen molar-refractivity contribution in [3.05, 3.63) is 0 Å². The lowest BCUT2D eigenvalue weighted by atomic mass is 10.1. The van der Waals surface area contributed by atoms with Crippen LogP contribution in [0.1, 0.15) is 195 Å². The van der Waals surface area contributed by atoms with E-state index in [2.05, 4.69) is 26.0 Å². The number of carbonyl (C=O) groups excluding carboxylic acids is 2. The lowest BCUT2D eigenvalue weighted by molar-refractivity contribution is -0.146. The number of hydrogen-bond donors (Lipinski definition) is 0. The molecule has 0 N–H and O–H groups in total. The fourth-order valence-corrected chi connectivity index (χ4v) is 11.5. The summed E-state index contributed by atoms with van der Waals surface area (Å²) in [5, 5.41) is 19.6. The smallest absolute Gasteiger partial charge is 0.305 e. The van der Waals surface area contributed by atoms with Gasteiger partial charge in [-0.25, -0.2) is 0 Å². The van der Waals surface area contributed by atoms with Gasteiger partial charge in [-0.15, -0.1) is 23.5 Å². The second kappa shape index (κ2) is 36.8. The second-order valence-corrected chi connectivity index (χ2v) is 22.2. The van der Waals surface area contributed by atoms with Crippen LogP contribution in [-0.4, -0.2) is 53.2 Å². The number of esters is 2. The highest BCUT2D eigenvalue weighted by molar-refractivity contribution is 8.48. The van der Waals surface area contributed by atoms with Crippen molar-refractivity contribution in [2.45, 2.75) is 204 Å². The summed E-state index contributed by atoms with van der Waals surface area (Å²) in [4.78, 5) is 24.7. The van der Waals surface area contributed by atoms with Gasteiger partial charge in [0.05, 0.1) is 25.4 Å². The molecule has 0 bridgehead atoms. The van der Waals surface area contributed by atoms with E-state index in [4.69, 9.17) is 33.9 Å². The first-order chi connectivity index (χ1) is 26.0. The molecule has 0 aliphatic carbocycles. The maximum atomic E-state index is 12.4. The maximum absolute atomic E-state index is 12.4. The van der Waals surface area contributed by atoms with Crippen LogP contribution >= 0.6 is 71.5 Å². The minimum atomic E-state index is -0.772. The van der Waals surface area contributed by atoms with Gasteiger partial charge in [-0.05, 0) is 63.9 Å². The first-order valence-corrected chi connectivity index (χ1v) is 25.3. The van der Waals surface area contributed by atoms with Crippen molar-refractivity contribution in [1.29, 1.82) is 10.5 Å². The summed E-state index contributed by atoms with van der Waals surface area (Å²) in [6.45, 7) is 8.63. The first-order valence-electron chi connectivity index (χ1n) is 20.9. The van der Waals surface area contributed by atoms with Gasteiger partial charge in [0.25, 0.3) is 0 Å². The lowest BCUT2D eigenvalue weighted by Gasteiger charge is -2.20. The number of nitrogens with zero attached hydrogens (tertiary/aromatic N) is 2. The Balaban J connectivity index is 4.00. The quantitative estimate of drug-likeness (QED) is 0.0344. The van der Waals surface area contributed by atoms with E-state index >= 15 is 0 Å². The van der Waals surface area contributed by atoms with Crippen LogP contribution in [0, 0.1) is 22.7 Å². The molecule has 0 aromatic rings. The van der Waals surface area contributed by atoms with Crippen molar-refractivity contribution in [3.8, 4) is 12.1 Å². The standard InChI is InChI=1S/C42H72N2O4S6/c1-5-7-9-11-13-15-17-19-21-25-33-51-39(49)53-41(3,35-43)29-27-37(45)47-31-23-24-32-48-38(46)28-30-42(4,36-44)54-40(50)52-34-26-22-20-18-16-14-12-10-8-6-2/h5-34H2,1-4H3. The van der Waals surface area contributed by atoms with E-state index in [1.807, 2.05) is 13.8 Å². The van der Waals surface area contributed by atoms with Crippen molar-refractivity contribution in [1.82, 2.24) is 0 Å². The van der Waals surface area contributed by atoms with Crippen LogP contribution in [0.25, 0.3) is 0 Å². The molecule has 2 unspecified atom stereocenters. The summed E-state index contributed by atoms with van der Waals surface area (Å²) in [5.74, 6) is 1.25. The predicted octanol–water partition coefficient (Wildman–Crippen LogP) is 14.3. The van der Waals surface area contributed by atoms with Crippen LogP contribution in [0.3, 0.4) is 0 Å². The third kappa shape index (κ3) is 33.6. The molecule has 310 valence electrons. The molecule has 0 fully saturated rings. The molecule has 6 nitrogen and oxygen atoms in total. The number of nitriles is 2. The van der Waals surface area contributed by atoms with Crippen molar-refractivity contribution in [2.24, 2.45) is 0 Å². The Hall–Kier alpha value is -0.500. The van der Waals surface area contributed by atoms with Gasteiger partial charge in [-0.3, -0.25) is 9.59 Å². The Morgan fingerprint density at radius 1 is 0.519 bits per heavy atom. The Morgan fingerprint density at radius 3 is 1.11 bits per heavy atom. The molecule has 0 rings (SSSR count). The topological polar surface area (TPSA) is 100 Å². The molecule has 0 aliphatic heterocycles. The molecule has 12 heteroatoms. The number of ether oxygens (including phenoxy) is 2. The number of thioether (sulfide) groups is 4. The van der Waals surface area contributed by atoms with Crippen LogP contribution < -0.4 is 0 Å². The molecule has 0 saturated carbocycles. The Morgan fingerprint density at radius 2 is 0.815 bits per heavy atom. The van der Waals surface area contributed by atoms with Crippen molar-refractivity contribution in [3.63, 3.8) is 0 Å². The van der Waals surface area contributed by atoms with E-state index < -0.39 is 9.49 Å². The van der Waals surface area contributed by atoms with Gasteiger partial charge in [0.1, 0.15) is 16.6 Å². The number of unbranched alkanes of at least 4 members (excludes halogenated alkanes) is 19. The second-order valence-electron chi connectivity index (χ2n) is 14.6. The fraction of sp³-hybridized carbons (Fsp3) is 0.857. The monoisotopic (exact) mass is 860 g/mol. The molecule has 0 amide bonds. The van der Waals surface area contributed by atoms with Crippen molar-refractivity contribution < 1.29 is 19.1 Å². The molecule has 0 saturated heterocycles. The largest absolute Gasteiger partial charge is 0.466 e. The van der Waals surface area contributed by atoms with Crippen LogP contribution in [0.15, 0.2) is 0 Å². The van der Waals surface area contributed by atoms with E-state index in [1.165, 1.54) is 139 Å². The van der Waals surface area contributed by atoms with Gasteiger partial charge in [-0.1, -0.05) is 177 Å². The number of carbonyl (C=O) groups is 2. The Bertz CT molecular complexity index is 1010. The van der Waals surface area contributed by atoms with Gasteiger partial charge in [-0.2, -0.15) is 10.5 Å². The van der Waals surface area contributed by atoms with Crippen LogP contribution in [0.4, 0.5) is 0 Å². The van der Waals surface area contributed by atoms with Gasteiger partial charge in [0.15, 0.2) is 0 Å². The molecule has 0 radical (unpaired) electrons. The average molecular weight is 861 g/mol. The summed E-state index contributed by atoms with van der Waals surface area (Å²) in [6, 6.07) is 4.67. The third-order valence-corrected chi connectivity index (χ3v) is 14.9. The summed E-state index contributed by atoms with van der Waals surface area (Å²) < 4.78 is 10.7. The minimum absolute atomic E-state index is 0.148. The molecule has 0 spiro atoms. The molecule has 0 heterocycles. The van der Waals surface area contributed by atoms with Gasteiger partial charge in [0, 0.05) is 12.8 Å². The van der Waals surface area contributed by atoms with Crippen molar-refractivity contribution >= 4 is 90.5 Å². The zero-order chi connectivity index (χ0) is 40.2. The van der Waals surface area contributed by atoms with Gasteiger partial charge >= 0.3 is 11.9 Å². The summed E-state index contributed by atoms with van der Waals surface area (Å²) in [6.07, 6.45) is 28.2. The molecule has 0 aromatic heterocycles. The normalized spacial score (nSPS) is 13.3. The summed E-state index contributed by atoms with van der Waals surface area (Å²) in [5.41, 5.74) is 0. The van der Waals surface area contributed by atoms with Gasteiger partial charge < -0.3 is 9.47 Å². The van der Waals surface area contributed by atoms with Crippen LogP contribution in [0.2, 0.25) is 0 Å². The maximum Gasteiger partial charge on any atom is 0.305 e. The van der Waals surface area contributed by atoms with Crippen LogP contribution in [-0.2, 0) is 19.1 Å². The molecule has 0 aliphatic rings. The Labute approximate surface area is 358 Å². The highest BCUT2D eigenvalue weighted by Crippen LogP contribution is 2.36. The summed E-state index contributed by atoms with van der Waals surface area (Å²) >= 11 is 17.1. The van der Waals surface area contributed by atoms with Crippen LogP contribution in [0.5, 0.6) is 0 Å². The average Bonchev–Trinajstić information content (AvgIpc) is 3.15. The predicted molar refractivity (Wildman–Crippen MR) is 247 cm³/mol. The third-order valence-electron chi connectivity index (χ3n) is 9.20. The van der Waals surface area contributed by atoms with Gasteiger partial charge in [0.2, 0.25) is 0 Å². The van der Waals surface area contributed by atoms with E-state index in [9.17, 15) is 20.1 Å². The Kier molecular flexibility index (Phi) is 36.5. The highest BCUT2D eigenvalue weighted by Gasteiger charge is 2.29. The summed E-state index contributed by atoms with van der Waals surface area (Å²) in [7, 11) is 0. The van der Waals surface area contributed by atoms with Crippen molar-refractivity contribution in [2.75, 3.05) is 24.7 Å².